The minimum absolute atomic E-state index is 0. The van der Waals surface area contributed by atoms with E-state index in [1.165, 1.54) is 0 Å². The van der Waals surface area contributed by atoms with E-state index in [1.54, 1.807) is 0 Å². The van der Waals surface area contributed by atoms with Gasteiger partial charge in [0.15, 0.2) is 0 Å². The minimum atomic E-state index is -0.377. The molecule has 0 bridgehead atoms. The molecule has 5 heteroatoms. The Bertz CT molecular complexity index is 264. The Morgan fingerprint density at radius 1 is 1.37 bits per heavy atom. The van der Waals surface area contributed by atoms with Crippen molar-refractivity contribution in [1.82, 2.24) is 4.90 Å². The lowest BCUT2D eigenvalue weighted by Crippen LogP contribution is -2.50. The largest absolute Gasteiger partial charge is 0.393 e. The summed E-state index contributed by atoms with van der Waals surface area (Å²) in [6.07, 6.45) is 3.14. The van der Waals surface area contributed by atoms with Gasteiger partial charge in [-0.1, -0.05) is 13.8 Å². The van der Waals surface area contributed by atoms with Crippen molar-refractivity contribution in [2.45, 2.75) is 52.6 Å². The average molecular weight is 293 g/mol. The third-order valence-electron chi connectivity index (χ3n) is 4.71. The Kier molecular flexibility index (Phi) is 7.94. The zero-order chi connectivity index (χ0) is 13.8. The first-order valence-electron chi connectivity index (χ1n) is 7.18. The first-order chi connectivity index (χ1) is 8.50. The van der Waals surface area contributed by atoms with Gasteiger partial charge in [-0.15, -0.1) is 12.4 Å². The van der Waals surface area contributed by atoms with Gasteiger partial charge in [0.05, 0.1) is 11.5 Å². The monoisotopic (exact) mass is 292 g/mol. The fraction of sp³-hybridized carbons (Fsp3) is 0.929. The molecule has 1 atom stereocenters. The maximum atomic E-state index is 12.6. The Balaban J connectivity index is 0.00000324. The summed E-state index contributed by atoms with van der Waals surface area (Å²) in [6.45, 7) is 7.86. The molecule has 1 heterocycles. The van der Waals surface area contributed by atoms with E-state index >= 15 is 0 Å². The van der Waals surface area contributed by atoms with Crippen LogP contribution in [-0.4, -0.2) is 41.7 Å². The van der Waals surface area contributed by atoms with E-state index in [9.17, 15) is 9.90 Å². The number of rotatable bonds is 5. The minimum Gasteiger partial charge on any atom is -0.393 e. The van der Waals surface area contributed by atoms with Gasteiger partial charge >= 0.3 is 0 Å². The smallest absolute Gasteiger partial charge is 0.230 e. The molecule has 0 aliphatic carbocycles. The fourth-order valence-corrected chi connectivity index (χ4v) is 2.85. The lowest BCUT2D eigenvalue weighted by Gasteiger charge is -2.39. The molecule has 0 aromatic rings. The highest BCUT2D eigenvalue weighted by Gasteiger charge is 2.38. The lowest BCUT2D eigenvalue weighted by atomic mass is 9.80. The summed E-state index contributed by atoms with van der Waals surface area (Å²) in [6, 6.07) is 0. The highest BCUT2D eigenvalue weighted by atomic mass is 35.5. The molecule has 0 aromatic carbocycles. The number of nitrogens with two attached hydrogens (primary N) is 1. The predicted molar refractivity (Wildman–Crippen MR) is 80.3 cm³/mol. The zero-order valence-electron chi connectivity index (χ0n) is 12.4. The first kappa shape index (κ1) is 18.7. The summed E-state index contributed by atoms with van der Waals surface area (Å²) in [4.78, 5) is 14.5. The predicted octanol–water partition coefficient (Wildman–Crippen LogP) is 1.79. The van der Waals surface area contributed by atoms with Gasteiger partial charge in [0.1, 0.15) is 0 Å². The number of halogens is 1. The molecule has 1 unspecified atom stereocenters. The third-order valence-corrected chi connectivity index (χ3v) is 4.71. The van der Waals surface area contributed by atoms with Crippen molar-refractivity contribution in [3.8, 4) is 0 Å². The molecule has 1 fully saturated rings. The number of nitrogens with zero attached hydrogens (tertiary/aromatic N) is 1. The summed E-state index contributed by atoms with van der Waals surface area (Å²) < 4.78 is 0. The van der Waals surface area contributed by atoms with Crippen LogP contribution in [0, 0.1) is 11.3 Å². The molecule has 0 radical (unpaired) electrons. The number of likely N-dealkylation sites (tertiary alicyclic amines) is 1. The molecule has 0 aromatic heterocycles. The van der Waals surface area contributed by atoms with Crippen LogP contribution in [0.2, 0.25) is 0 Å². The van der Waals surface area contributed by atoms with Crippen molar-refractivity contribution >= 4 is 18.3 Å². The van der Waals surface area contributed by atoms with E-state index in [4.69, 9.17) is 5.73 Å². The number of hydrogen-bond acceptors (Lipinski definition) is 3. The molecule has 1 amide bonds. The number of piperidine rings is 1. The number of hydrogen-bond donors (Lipinski definition) is 2. The van der Waals surface area contributed by atoms with E-state index in [2.05, 4.69) is 0 Å². The van der Waals surface area contributed by atoms with Gasteiger partial charge < -0.3 is 15.7 Å². The molecule has 3 N–H and O–H groups in total. The van der Waals surface area contributed by atoms with Crippen molar-refractivity contribution in [2.24, 2.45) is 17.1 Å². The molecule has 114 valence electrons. The molecule has 4 nitrogen and oxygen atoms in total. The maximum absolute atomic E-state index is 12.6. The van der Waals surface area contributed by atoms with Crippen LogP contribution in [0.1, 0.15) is 46.5 Å². The topological polar surface area (TPSA) is 66.6 Å². The van der Waals surface area contributed by atoms with E-state index < -0.39 is 0 Å². The van der Waals surface area contributed by atoms with Crippen LogP contribution in [0.15, 0.2) is 0 Å². The van der Waals surface area contributed by atoms with Gasteiger partial charge in [0, 0.05) is 19.6 Å². The van der Waals surface area contributed by atoms with E-state index in [-0.39, 0.29) is 29.8 Å². The summed E-state index contributed by atoms with van der Waals surface area (Å²) in [5, 5.41) is 9.58. The average Bonchev–Trinajstić information content (AvgIpc) is 2.41. The SMILES string of the molecule is CCC(CC)(CN)C(=O)N1CCC(C(C)O)CC1.Cl. The molecule has 1 aliphatic rings. The van der Waals surface area contributed by atoms with Crippen molar-refractivity contribution in [3.63, 3.8) is 0 Å². The number of aliphatic hydroxyl groups excluding tert-OH is 1. The second kappa shape index (κ2) is 8.08. The van der Waals surface area contributed by atoms with Gasteiger partial charge in [0.25, 0.3) is 0 Å². The van der Waals surface area contributed by atoms with Crippen LogP contribution < -0.4 is 5.73 Å². The highest BCUT2D eigenvalue weighted by Crippen LogP contribution is 2.30. The normalized spacial score (nSPS) is 18.9. The summed E-state index contributed by atoms with van der Waals surface area (Å²) in [5.74, 6) is 0.545. The summed E-state index contributed by atoms with van der Waals surface area (Å²) in [5.41, 5.74) is 5.45. The zero-order valence-corrected chi connectivity index (χ0v) is 13.2. The first-order valence-corrected chi connectivity index (χ1v) is 7.18. The molecular weight excluding hydrogens is 264 g/mol. The van der Waals surface area contributed by atoms with Crippen molar-refractivity contribution in [1.29, 1.82) is 0 Å². The second-order valence-corrected chi connectivity index (χ2v) is 5.56. The molecule has 0 saturated carbocycles. The molecule has 0 spiro atoms. The van der Waals surface area contributed by atoms with Crippen LogP contribution in [0.3, 0.4) is 0 Å². The molecule has 1 rings (SSSR count). The Morgan fingerprint density at radius 3 is 2.16 bits per heavy atom. The summed E-state index contributed by atoms with van der Waals surface area (Å²) >= 11 is 0. The Labute approximate surface area is 123 Å². The number of aliphatic hydroxyl groups is 1. The number of carbonyl (C=O) groups is 1. The lowest BCUT2D eigenvalue weighted by molar-refractivity contribution is -0.144. The van der Waals surface area contributed by atoms with E-state index in [1.807, 2.05) is 25.7 Å². The van der Waals surface area contributed by atoms with Gasteiger partial charge in [-0.05, 0) is 38.5 Å². The van der Waals surface area contributed by atoms with Crippen LogP contribution in [0.25, 0.3) is 0 Å². The van der Waals surface area contributed by atoms with Gasteiger partial charge in [-0.3, -0.25) is 4.79 Å². The Hall–Kier alpha value is -0.320. The molecule has 1 aliphatic heterocycles. The van der Waals surface area contributed by atoms with Gasteiger partial charge in [-0.2, -0.15) is 0 Å². The molecular formula is C14H29ClN2O2. The highest BCUT2D eigenvalue weighted by molar-refractivity contribution is 5.85. The fourth-order valence-electron chi connectivity index (χ4n) is 2.85. The van der Waals surface area contributed by atoms with Crippen molar-refractivity contribution in [3.05, 3.63) is 0 Å². The quantitative estimate of drug-likeness (QED) is 0.812. The van der Waals surface area contributed by atoms with Crippen LogP contribution >= 0.6 is 12.4 Å². The standard InChI is InChI=1S/C14H28N2O2.ClH/c1-4-14(5-2,10-15)13(18)16-8-6-12(7-9-16)11(3)17;/h11-12,17H,4-10,15H2,1-3H3;1H. The van der Waals surface area contributed by atoms with E-state index in [0.29, 0.717) is 12.5 Å². The number of carbonyl (C=O) groups excluding carboxylic acids is 1. The van der Waals surface area contributed by atoms with Crippen molar-refractivity contribution in [2.75, 3.05) is 19.6 Å². The summed E-state index contributed by atoms with van der Waals surface area (Å²) in [7, 11) is 0. The van der Waals surface area contributed by atoms with Gasteiger partial charge in [0.2, 0.25) is 5.91 Å². The van der Waals surface area contributed by atoms with Crippen LogP contribution in [0.4, 0.5) is 0 Å². The molecule has 19 heavy (non-hydrogen) atoms. The van der Waals surface area contributed by atoms with Crippen LogP contribution in [-0.2, 0) is 4.79 Å². The third kappa shape index (κ3) is 4.07. The van der Waals surface area contributed by atoms with E-state index in [0.717, 1.165) is 38.8 Å². The maximum Gasteiger partial charge on any atom is 0.230 e. The number of amides is 1. The second-order valence-electron chi connectivity index (χ2n) is 5.56. The molecule has 1 saturated heterocycles. The van der Waals surface area contributed by atoms with Crippen LogP contribution in [0.5, 0.6) is 0 Å². The van der Waals surface area contributed by atoms with Crippen molar-refractivity contribution < 1.29 is 9.90 Å². The van der Waals surface area contributed by atoms with Gasteiger partial charge in [-0.25, -0.2) is 0 Å². The Morgan fingerprint density at radius 2 is 1.84 bits per heavy atom.